The predicted octanol–water partition coefficient (Wildman–Crippen LogP) is 2.04. The molecule has 1 amide bonds. The lowest BCUT2D eigenvalue weighted by Gasteiger charge is -2.09. The largest absolute Gasteiger partial charge is 0.491 e. The fourth-order valence-corrected chi connectivity index (χ4v) is 1.84. The summed E-state index contributed by atoms with van der Waals surface area (Å²) in [5.74, 6) is 5.93. The first-order chi connectivity index (χ1) is 9.52. The van der Waals surface area contributed by atoms with Crippen molar-refractivity contribution in [3.8, 4) is 17.1 Å². The Morgan fingerprint density at radius 1 is 1.35 bits per heavy atom. The Morgan fingerprint density at radius 2 is 2.00 bits per heavy atom. The van der Waals surface area contributed by atoms with Gasteiger partial charge in [0.15, 0.2) is 11.5 Å². The molecule has 2 rings (SSSR count). The van der Waals surface area contributed by atoms with Crippen molar-refractivity contribution < 1.29 is 14.1 Å². The summed E-state index contributed by atoms with van der Waals surface area (Å²) < 4.78 is 10.8. The maximum atomic E-state index is 11.5. The SMILES string of the molecule is Cc1c(C(=O)NN)noc1-c1ccc(OC(C)C)cc1. The van der Waals surface area contributed by atoms with Crippen LogP contribution in [0.3, 0.4) is 0 Å². The fourth-order valence-electron chi connectivity index (χ4n) is 1.84. The molecule has 6 nitrogen and oxygen atoms in total. The second-order valence-electron chi connectivity index (χ2n) is 4.65. The minimum atomic E-state index is -0.475. The number of carbonyl (C=O) groups is 1. The van der Waals surface area contributed by atoms with Crippen molar-refractivity contribution in [1.82, 2.24) is 10.6 Å². The number of hydrogen-bond acceptors (Lipinski definition) is 5. The highest BCUT2D eigenvalue weighted by Gasteiger charge is 2.18. The molecular formula is C14H17N3O3. The maximum Gasteiger partial charge on any atom is 0.287 e. The molecule has 0 spiro atoms. The van der Waals surface area contributed by atoms with Crippen LogP contribution >= 0.6 is 0 Å². The molecule has 0 aliphatic carbocycles. The molecule has 0 saturated carbocycles. The number of nitrogens with two attached hydrogens (primary N) is 1. The number of amides is 1. The molecule has 2 aromatic rings. The Bertz CT molecular complexity index is 603. The Balaban J connectivity index is 2.28. The van der Waals surface area contributed by atoms with Gasteiger partial charge in [-0.3, -0.25) is 10.2 Å². The zero-order chi connectivity index (χ0) is 14.7. The van der Waals surface area contributed by atoms with E-state index in [-0.39, 0.29) is 11.8 Å². The van der Waals surface area contributed by atoms with E-state index < -0.39 is 5.91 Å². The highest BCUT2D eigenvalue weighted by atomic mass is 16.5. The summed E-state index contributed by atoms with van der Waals surface area (Å²) in [4.78, 5) is 11.5. The average molecular weight is 275 g/mol. The molecule has 106 valence electrons. The topological polar surface area (TPSA) is 90.4 Å². The third-order valence-electron chi connectivity index (χ3n) is 2.76. The first-order valence-corrected chi connectivity index (χ1v) is 6.27. The molecule has 0 unspecified atom stereocenters. The van der Waals surface area contributed by atoms with Gasteiger partial charge >= 0.3 is 0 Å². The van der Waals surface area contributed by atoms with Gasteiger partial charge < -0.3 is 9.26 Å². The van der Waals surface area contributed by atoms with Gasteiger partial charge in [-0.25, -0.2) is 5.84 Å². The van der Waals surface area contributed by atoms with E-state index in [9.17, 15) is 4.79 Å². The van der Waals surface area contributed by atoms with Crippen molar-refractivity contribution in [2.45, 2.75) is 26.9 Å². The summed E-state index contributed by atoms with van der Waals surface area (Å²) in [7, 11) is 0. The number of nitrogen functional groups attached to an aromatic ring is 1. The van der Waals surface area contributed by atoms with Crippen molar-refractivity contribution in [3.05, 3.63) is 35.5 Å². The molecule has 0 bridgehead atoms. The normalized spacial score (nSPS) is 10.7. The van der Waals surface area contributed by atoms with E-state index in [0.29, 0.717) is 11.3 Å². The minimum Gasteiger partial charge on any atom is -0.491 e. The first-order valence-electron chi connectivity index (χ1n) is 6.27. The van der Waals surface area contributed by atoms with Crippen LogP contribution in [0.25, 0.3) is 11.3 Å². The van der Waals surface area contributed by atoms with Gasteiger partial charge in [0.05, 0.1) is 6.10 Å². The van der Waals surface area contributed by atoms with Crippen LogP contribution < -0.4 is 16.0 Å². The summed E-state index contributed by atoms with van der Waals surface area (Å²) in [6.45, 7) is 5.69. The van der Waals surface area contributed by atoms with Gasteiger partial charge in [0.25, 0.3) is 5.91 Å². The Hall–Kier alpha value is -2.34. The van der Waals surface area contributed by atoms with Gasteiger partial charge in [-0.15, -0.1) is 0 Å². The molecule has 0 aliphatic rings. The van der Waals surface area contributed by atoms with Gasteiger partial charge in [-0.05, 0) is 45.0 Å². The summed E-state index contributed by atoms with van der Waals surface area (Å²) in [5, 5.41) is 3.74. The van der Waals surface area contributed by atoms with Crippen LogP contribution in [0.4, 0.5) is 0 Å². The molecular weight excluding hydrogens is 258 g/mol. The van der Waals surface area contributed by atoms with Crippen LogP contribution in [-0.2, 0) is 0 Å². The van der Waals surface area contributed by atoms with E-state index in [1.807, 2.05) is 43.5 Å². The van der Waals surface area contributed by atoms with Crippen molar-refractivity contribution >= 4 is 5.91 Å². The van der Waals surface area contributed by atoms with Crippen LogP contribution in [0.15, 0.2) is 28.8 Å². The highest BCUT2D eigenvalue weighted by molar-refractivity contribution is 5.94. The molecule has 6 heteroatoms. The molecule has 1 aromatic heterocycles. The Morgan fingerprint density at radius 3 is 2.55 bits per heavy atom. The summed E-state index contributed by atoms with van der Waals surface area (Å²) in [5.41, 5.74) is 3.69. The minimum absolute atomic E-state index is 0.118. The number of carbonyl (C=O) groups excluding carboxylic acids is 1. The summed E-state index contributed by atoms with van der Waals surface area (Å²) in [6.07, 6.45) is 0.118. The lowest BCUT2D eigenvalue weighted by molar-refractivity contribution is 0.0944. The molecule has 0 fully saturated rings. The number of hydrogen-bond donors (Lipinski definition) is 2. The second-order valence-corrected chi connectivity index (χ2v) is 4.65. The highest BCUT2D eigenvalue weighted by Crippen LogP contribution is 2.27. The van der Waals surface area contributed by atoms with E-state index >= 15 is 0 Å². The van der Waals surface area contributed by atoms with E-state index in [0.717, 1.165) is 11.3 Å². The van der Waals surface area contributed by atoms with Crippen molar-refractivity contribution in [2.24, 2.45) is 5.84 Å². The zero-order valence-electron chi connectivity index (χ0n) is 11.6. The van der Waals surface area contributed by atoms with Gasteiger partial charge in [0, 0.05) is 11.1 Å². The van der Waals surface area contributed by atoms with E-state index in [1.54, 1.807) is 6.92 Å². The first kappa shape index (κ1) is 14.1. The van der Waals surface area contributed by atoms with Crippen LogP contribution in [0.1, 0.15) is 29.9 Å². The van der Waals surface area contributed by atoms with E-state index in [1.165, 1.54) is 0 Å². The quantitative estimate of drug-likeness (QED) is 0.506. The lowest BCUT2D eigenvalue weighted by atomic mass is 10.1. The maximum absolute atomic E-state index is 11.5. The number of hydrazine groups is 1. The molecule has 0 radical (unpaired) electrons. The molecule has 0 saturated heterocycles. The third kappa shape index (κ3) is 2.80. The van der Waals surface area contributed by atoms with E-state index in [4.69, 9.17) is 15.1 Å². The molecule has 0 aliphatic heterocycles. The van der Waals surface area contributed by atoms with Crippen LogP contribution in [0.5, 0.6) is 5.75 Å². The number of nitrogens with one attached hydrogen (secondary N) is 1. The van der Waals surface area contributed by atoms with Crippen LogP contribution in [0, 0.1) is 6.92 Å². The zero-order valence-corrected chi connectivity index (χ0v) is 11.6. The van der Waals surface area contributed by atoms with Crippen LogP contribution in [-0.4, -0.2) is 17.2 Å². The smallest absolute Gasteiger partial charge is 0.287 e. The number of rotatable bonds is 4. The molecule has 20 heavy (non-hydrogen) atoms. The van der Waals surface area contributed by atoms with Crippen molar-refractivity contribution in [2.75, 3.05) is 0 Å². The number of benzene rings is 1. The Labute approximate surface area is 116 Å². The molecule has 0 atom stereocenters. The lowest BCUT2D eigenvalue weighted by Crippen LogP contribution is -2.30. The van der Waals surface area contributed by atoms with Crippen molar-refractivity contribution in [1.29, 1.82) is 0 Å². The predicted molar refractivity (Wildman–Crippen MR) is 74.1 cm³/mol. The van der Waals surface area contributed by atoms with Gasteiger partial charge in [-0.2, -0.15) is 0 Å². The number of aromatic nitrogens is 1. The Kier molecular flexibility index (Phi) is 4.05. The van der Waals surface area contributed by atoms with Gasteiger partial charge in [0.2, 0.25) is 0 Å². The van der Waals surface area contributed by atoms with Crippen molar-refractivity contribution in [3.63, 3.8) is 0 Å². The summed E-state index contributed by atoms with van der Waals surface area (Å²) >= 11 is 0. The third-order valence-corrected chi connectivity index (χ3v) is 2.76. The average Bonchev–Trinajstić information content (AvgIpc) is 2.80. The van der Waals surface area contributed by atoms with Crippen LogP contribution in [0.2, 0.25) is 0 Å². The molecule has 3 N–H and O–H groups in total. The van der Waals surface area contributed by atoms with E-state index in [2.05, 4.69) is 5.16 Å². The van der Waals surface area contributed by atoms with Gasteiger partial charge in [-0.1, -0.05) is 5.16 Å². The second kappa shape index (κ2) is 5.75. The number of nitrogens with zero attached hydrogens (tertiary/aromatic N) is 1. The monoisotopic (exact) mass is 275 g/mol. The standard InChI is InChI=1S/C14H17N3O3/c1-8(2)19-11-6-4-10(5-7-11)13-9(3)12(17-20-13)14(18)16-15/h4-8H,15H2,1-3H3,(H,16,18). The molecule has 1 aromatic carbocycles. The summed E-state index contributed by atoms with van der Waals surface area (Å²) in [6, 6.07) is 7.41. The fraction of sp³-hybridized carbons (Fsp3) is 0.286. The van der Waals surface area contributed by atoms with Gasteiger partial charge in [0.1, 0.15) is 5.75 Å². The number of ether oxygens (including phenoxy) is 1. The molecule has 1 heterocycles.